The molecule has 11 heteroatoms. The normalized spacial score (nSPS) is 14.2. The second kappa shape index (κ2) is 11.0. The van der Waals surface area contributed by atoms with Crippen molar-refractivity contribution in [1.29, 1.82) is 0 Å². The van der Waals surface area contributed by atoms with Crippen molar-refractivity contribution in [2.45, 2.75) is 57.5 Å². The molecular weight excluding hydrogens is 508 g/mol. The van der Waals surface area contributed by atoms with Gasteiger partial charge in [0.25, 0.3) is 5.56 Å². The maximum atomic E-state index is 13.7. The number of tetrazole rings is 1. The second-order valence-corrected chi connectivity index (χ2v) is 10.4. The number of H-pyrrole nitrogens is 1. The first kappa shape index (κ1) is 25.9. The number of aryl methyl sites for hydroxylation is 1. The Kier molecular flexibility index (Phi) is 7.12. The number of hydrogen-bond donors (Lipinski definition) is 2. The Morgan fingerprint density at radius 2 is 1.73 bits per heavy atom. The molecule has 0 aliphatic heterocycles. The Labute approximate surface area is 230 Å². The average molecular weight is 541 g/mol. The van der Waals surface area contributed by atoms with E-state index >= 15 is 0 Å². The van der Waals surface area contributed by atoms with Crippen LogP contribution in [0.2, 0.25) is 0 Å². The van der Waals surface area contributed by atoms with Crippen molar-refractivity contribution in [3.8, 4) is 22.5 Å². The Morgan fingerprint density at radius 3 is 2.42 bits per heavy atom. The molecule has 0 bridgehead atoms. The van der Waals surface area contributed by atoms with Crippen LogP contribution < -0.4 is 11.2 Å². The first-order chi connectivity index (χ1) is 19.6. The number of rotatable bonds is 8. The minimum absolute atomic E-state index is 0.0948. The van der Waals surface area contributed by atoms with Crippen LogP contribution in [-0.2, 0) is 20.1 Å². The lowest BCUT2D eigenvalue weighted by Crippen LogP contribution is -2.40. The minimum atomic E-state index is -0.407. The molecule has 0 saturated heterocycles. The summed E-state index contributed by atoms with van der Waals surface area (Å²) in [5, 5.41) is 23.8. The number of aliphatic hydroxyl groups is 1. The van der Waals surface area contributed by atoms with E-state index in [-0.39, 0.29) is 24.6 Å². The van der Waals surface area contributed by atoms with Crippen molar-refractivity contribution in [2.75, 3.05) is 6.61 Å². The molecule has 0 amide bonds. The highest BCUT2D eigenvalue weighted by molar-refractivity contribution is 5.80. The van der Waals surface area contributed by atoms with Crippen molar-refractivity contribution in [1.82, 2.24) is 39.3 Å². The third kappa shape index (κ3) is 4.66. The van der Waals surface area contributed by atoms with E-state index in [1.54, 1.807) is 7.05 Å². The van der Waals surface area contributed by atoms with Crippen LogP contribution in [0.3, 0.4) is 0 Å². The molecule has 0 spiro atoms. The van der Waals surface area contributed by atoms with E-state index in [0.29, 0.717) is 30.0 Å². The van der Waals surface area contributed by atoms with Crippen LogP contribution in [0.1, 0.15) is 55.8 Å². The number of aromatic nitrogens is 8. The van der Waals surface area contributed by atoms with Crippen molar-refractivity contribution in [3.05, 3.63) is 80.8 Å². The summed E-state index contributed by atoms with van der Waals surface area (Å²) in [6, 6.07) is 16.2. The van der Waals surface area contributed by atoms with Crippen LogP contribution in [0, 0.1) is 0 Å². The fourth-order valence-corrected chi connectivity index (χ4v) is 5.82. The van der Waals surface area contributed by atoms with Crippen molar-refractivity contribution >= 4 is 11.2 Å². The van der Waals surface area contributed by atoms with Gasteiger partial charge in [-0.25, -0.2) is 9.78 Å². The first-order valence-corrected chi connectivity index (χ1v) is 13.8. The van der Waals surface area contributed by atoms with Gasteiger partial charge in [-0.15, -0.1) is 10.2 Å². The number of fused-ring (bicyclic) bond motifs is 1. The molecule has 40 heavy (non-hydrogen) atoms. The lowest BCUT2D eigenvalue weighted by molar-refractivity contribution is 0.277. The zero-order valence-electron chi connectivity index (χ0n) is 22.5. The van der Waals surface area contributed by atoms with E-state index in [1.807, 2.05) is 28.8 Å². The minimum Gasteiger partial charge on any atom is -0.396 e. The maximum absolute atomic E-state index is 13.7. The van der Waals surface area contributed by atoms with Gasteiger partial charge in [0.2, 0.25) is 5.82 Å². The molecule has 0 radical (unpaired) electrons. The zero-order valence-corrected chi connectivity index (χ0v) is 22.5. The van der Waals surface area contributed by atoms with E-state index in [1.165, 1.54) is 15.6 Å². The number of nitrogens with one attached hydrogen (secondary N) is 1. The Morgan fingerprint density at radius 1 is 0.975 bits per heavy atom. The molecule has 2 N–H and O–H groups in total. The standard InChI is InChI=1S/C29H32N8O3/c1-35-27-24(28(39)36(29(35)40)16-7-17-38)37(26(30-27)21-8-3-2-4-9-21)18-19-12-14-20(15-13-19)22-10-5-6-11-23(22)25-31-33-34-32-25/h5-6,10-15,21,38H,2-4,7-9,16-18H2,1H3,(H,31,32,33,34). The summed E-state index contributed by atoms with van der Waals surface area (Å²) in [6.45, 7) is 0.529. The first-order valence-electron chi connectivity index (χ1n) is 13.8. The predicted octanol–water partition coefficient (Wildman–Crippen LogP) is 3.22. The van der Waals surface area contributed by atoms with Gasteiger partial charge < -0.3 is 9.67 Å². The molecule has 3 aromatic heterocycles. The van der Waals surface area contributed by atoms with Crippen LogP contribution in [-0.4, -0.2) is 51.0 Å². The number of aliphatic hydroxyl groups excluding tert-OH is 1. The van der Waals surface area contributed by atoms with E-state index in [4.69, 9.17) is 4.98 Å². The molecule has 6 rings (SSSR count). The van der Waals surface area contributed by atoms with Crippen molar-refractivity contribution < 1.29 is 5.11 Å². The number of benzene rings is 2. The summed E-state index contributed by atoms with van der Waals surface area (Å²) in [6.07, 6.45) is 5.82. The molecule has 2 aromatic carbocycles. The molecular formula is C29H32N8O3. The van der Waals surface area contributed by atoms with E-state index < -0.39 is 5.69 Å². The lowest BCUT2D eigenvalue weighted by atomic mass is 9.88. The molecule has 11 nitrogen and oxygen atoms in total. The molecule has 1 saturated carbocycles. The number of aromatic amines is 1. The summed E-state index contributed by atoms with van der Waals surface area (Å²) in [4.78, 5) is 31.6. The van der Waals surface area contributed by atoms with Crippen LogP contribution in [0.4, 0.5) is 0 Å². The van der Waals surface area contributed by atoms with Gasteiger partial charge in [-0.2, -0.15) is 5.21 Å². The summed E-state index contributed by atoms with van der Waals surface area (Å²) in [7, 11) is 1.66. The highest BCUT2D eigenvalue weighted by atomic mass is 16.3. The number of imidazole rings is 1. The van der Waals surface area contributed by atoms with Crippen LogP contribution >= 0.6 is 0 Å². The Bertz CT molecular complexity index is 1740. The summed E-state index contributed by atoms with van der Waals surface area (Å²) in [5.41, 5.74) is 4.01. The van der Waals surface area contributed by atoms with Crippen molar-refractivity contribution in [2.24, 2.45) is 7.05 Å². The highest BCUT2D eigenvalue weighted by Crippen LogP contribution is 2.34. The topological polar surface area (TPSA) is 137 Å². The fourth-order valence-electron chi connectivity index (χ4n) is 5.82. The summed E-state index contributed by atoms with van der Waals surface area (Å²) >= 11 is 0. The third-order valence-electron chi connectivity index (χ3n) is 7.89. The molecule has 5 aromatic rings. The predicted molar refractivity (Wildman–Crippen MR) is 151 cm³/mol. The van der Waals surface area contributed by atoms with Gasteiger partial charge in [-0.1, -0.05) is 67.8 Å². The quantitative estimate of drug-likeness (QED) is 0.308. The van der Waals surface area contributed by atoms with E-state index in [0.717, 1.165) is 53.8 Å². The zero-order chi connectivity index (χ0) is 27.6. The summed E-state index contributed by atoms with van der Waals surface area (Å²) in [5.74, 6) is 1.64. The fraction of sp³-hybridized carbons (Fsp3) is 0.379. The van der Waals surface area contributed by atoms with Gasteiger partial charge in [0, 0.05) is 38.2 Å². The Balaban J connectivity index is 1.43. The SMILES string of the molecule is Cn1c(=O)n(CCCO)c(=O)c2c1nc(C1CCCCC1)n2Cc1ccc(-c2ccccc2-c2nn[nH]n2)cc1. The Hall–Kier alpha value is -4.38. The van der Waals surface area contributed by atoms with Gasteiger partial charge in [-0.3, -0.25) is 13.9 Å². The lowest BCUT2D eigenvalue weighted by Gasteiger charge is -2.22. The average Bonchev–Trinajstić information content (AvgIpc) is 3.66. The van der Waals surface area contributed by atoms with Gasteiger partial charge in [-0.05, 0) is 41.2 Å². The molecule has 1 aliphatic rings. The van der Waals surface area contributed by atoms with Gasteiger partial charge in [0.05, 0.1) is 0 Å². The van der Waals surface area contributed by atoms with Crippen LogP contribution in [0.25, 0.3) is 33.7 Å². The smallest absolute Gasteiger partial charge is 0.332 e. The van der Waals surface area contributed by atoms with Crippen LogP contribution in [0.5, 0.6) is 0 Å². The number of nitrogens with zero attached hydrogens (tertiary/aromatic N) is 7. The maximum Gasteiger partial charge on any atom is 0.332 e. The monoisotopic (exact) mass is 540 g/mol. The molecule has 206 valence electrons. The molecule has 3 heterocycles. The second-order valence-electron chi connectivity index (χ2n) is 10.4. The molecule has 1 fully saturated rings. The highest BCUT2D eigenvalue weighted by Gasteiger charge is 2.26. The van der Waals surface area contributed by atoms with E-state index in [9.17, 15) is 14.7 Å². The molecule has 0 unspecified atom stereocenters. The van der Waals surface area contributed by atoms with E-state index in [2.05, 4.69) is 44.9 Å². The molecule has 1 aliphatic carbocycles. The number of hydrogen-bond acceptors (Lipinski definition) is 7. The largest absolute Gasteiger partial charge is 0.396 e. The third-order valence-corrected chi connectivity index (χ3v) is 7.89. The summed E-state index contributed by atoms with van der Waals surface area (Å²) < 4.78 is 4.71. The van der Waals surface area contributed by atoms with Gasteiger partial charge >= 0.3 is 5.69 Å². The van der Waals surface area contributed by atoms with Crippen LogP contribution in [0.15, 0.2) is 58.1 Å². The molecule has 0 atom stereocenters. The van der Waals surface area contributed by atoms with Gasteiger partial charge in [0.15, 0.2) is 11.2 Å². The van der Waals surface area contributed by atoms with Gasteiger partial charge in [0.1, 0.15) is 5.82 Å². The van der Waals surface area contributed by atoms with Crippen molar-refractivity contribution in [3.63, 3.8) is 0 Å².